The van der Waals surface area contributed by atoms with Crippen molar-refractivity contribution in [2.24, 2.45) is 17.6 Å². The summed E-state index contributed by atoms with van der Waals surface area (Å²) < 4.78 is 0. The molecule has 4 atom stereocenters. The van der Waals surface area contributed by atoms with E-state index in [4.69, 9.17) is 5.73 Å². The van der Waals surface area contributed by atoms with Crippen LogP contribution in [0.15, 0.2) is 34.8 Å². The fourth-order valence-corrected chi connectivity index (χ4v) is 6.05. The molecule has 6 N–H and O–H groups in total. The van der Waals surface area contributed by atoms with Crippen LogP contribution >= 0.6 is 0 Å². The van der Waals surface area contributed by atoms with Crippen molar-refractivity contribution >= 4 is 35.0 Å². The number of likely N-dealkylation sites (N-methyl/N-ethyl adjacent to an activating group) is 1. The maximum absolute atomic E-state index is 13.9. The molecule has 11 nitrogen and oxygen atoms in total. The highest BCUT2D eigenvalue weighted by Crippen LogP contribution is 2.53. The van der Waals surface area contributed by atoms with Gasteiger partial charge >= 0.3 is 0 Å². The number of carbonyl (C=O) groups is 4. The molecule has 3 aliphatic rings. The van der Waals surface area contributed by atoms with E-state index in [1.165, 1.54) is 24.0 Å². The molecule has 0 spiro atoms. The molecule has 4 rings (SSSR count). The van der Waals surface area contributed by atoms with Crippen LogP contribution in [0.3, 0.4) is 0 Å². The number of phenols is 1. The number of anilines is 1. The highest BCUT2D eigenvalue weighted by Gasteiger charge is 2.63. The van der Waals surface area contributed by atoms with Gasteiger partial charge in [0.1, 0.15) is 22.8 Å². The van der Waals surface area contributed by atoms with E-state index in [1.54, 1.807) is 39.2 Å². The normalized spacial score (nSPS) is 27.0. The lowest BCUT2D eigenvalue weighted by Gasteiger charge is -2.50. The summed E-state index contributed by atoms with van der Waals surface area (Å²) in [4.78, 5) is 54.1. The van der Waals surface area contributed by atoms with Crippen molar-refractivity contribution in [2.75, 3.05) is 33.1 Å². The zero-order chi connectivity index (χ0) is 28.4. The molecular formula is C27H31N3O8. The SMILES string of the molecule is CC(=O)/C=C/c1cc(N(C)C)c2c(c1O)C(=O)C1=C(O)[C@]3(O)C(=O)C(C(N)=O)=C(O)[C@@H](N(C)C)[C@@H]3C[C@@H]1C2. The number of phenolic OH excluding ortho intramolecular Hbond substituents is 1. The highest BCUT2D eigenvalue weighted by atomic mass is 16.3. The third-order valence-corrected chi connectivity index (χ3v) is 7.71. The van der Waals surface area contributed by atoms with Crippen molar-refractivity contribution in [1.82, 2.24) is 4.90 Å². The number of nitrogens with two attached hydrogens (primary N) is 1. The standard InChI is InChI=1S/C27H31N3O8/c1-11(31)6-7-12-10-16(29(2)3)14-8-13-9-15-20(30(4)5)23(34)19(26(28)37)25(36)27(15,38)24(35)17(13)22(33)18(14)21(12)32/h6-7,10,13,15,20,32,34-35,38H,8-9H2,1-5H3,(H2,28,37)/b7-6+/t13-,15-,20-,27-/m0/s1. The van der Waals surface area contributed by atoms with Gasteiger partial charge in [0.15, 0.2) is 17.2 Å². The van der Waals surface area contributed by atoms with Crippen LogP contribution in [0.5, 0.6) is 5.75 Å². The van der Waals surface area contributed by atoms with Crippen molar-refractivity contribution in [3.63, 3.8) is 0 Å². The van der Waals surface area contributed by atoms with Crippen LogP contribution in [0.4, 0.5) is 5.69 Å². The number of rotatable bonds is 5. The molecule has 38 heavy (non-hydrogen) atoms. The molecule has 0 bridgehead atoms. The zero-order valence-electron chi connectivity index (χ0n) is 21.8. The van der Waals surface area contributed by atoms with Gasteiger partial charge in [-0.05, 0) is 63.6 Å². The van der Waals surface area contributed by atoms with Crippen molar-refractivity contribution in [3.05, 3.63) is 51.5 Å². The summed E-state index contributed by atoms with van der Waals surface area (Å²) in [5.74, 6) is -7.33. The Bertz CT molecular complexity index is 1390. The zero-order valence-corrected chi connectivity index (χ0v) is 21.8. The second kappa shape index (κ2) is 9.10. The van der Waals surface area contributed by atoms with Gasteiger partial charge in [-0.1, -0.05) is 0 Å². The van der Waals surface area contributed by atoms with Crippen LogP contribution in [0.2, 0.25) is 0 Å². The van der Waals surface area contributed by atoms with Gasteiger partial charge in [0.2, 0.25) is 5.78 Å². The molecule has 0 fully saturated rings. The van der Waals surface area contributed by atoms with E-state index in [2.05, 4.69) is 0 Å². The van der Waals surface area contributed by atoms with E-state index >= 15 is 0 Å². The number of fused-ring (bicyclic) bond motifs is 3. The predicted molar refractivity (Wildman–Crippen MR) is 138 cm³/mol. The third-order valence-electron chi connectivity index (χ3n) is 7.71. The molecule has 0 aliphatic heterocycles. The van der Waals surface area contributed by atoms with Gasteiger partial charge < -0.3 is 31.1 Å². The molecule has 1 aromatic carbocycles. The number of primary amides is 1. The number of aliphatic hydroxyl groups excluding tert-OH is 2. The summed E-state index contributed by atoms with van der Waals surface area (Å²) in [7, 11) is 6.67. The molecule has 0 saturated heterocycles. The van der Waals surface area contributed by atoms with Crippen molar-refractivity contribution in [2.45, 2.75) is 31.4 Å². The molecule has 11 heteroatoms. The predicted octanol–water partition coefficient (Wildman–Crippen LogP) is 0.789. The maximum Gasteiger partial charge on any atom is 0.255 e. The average molecular weight is 526 g/mol. The van der Waals surface area contributed by atoms with Gasteiger partial charge in [-0.25, -0.2) is 0 Å². The van der Waals surface area contributed by atoms with E-state index in [-0.39, 0.29) is 35.3 Å². The van der Waals surface area contributed by atoms with Crippen molar-refractivity contribution in [3.8, 4) is 5.75 Å². The van der Waals surface area contributed by atoms with Crippen LogP contribution in [-0.4, -0.2) is 88.4 Å². The summed E-state index contributed by atoms with van der Waals surface area (Å²) in [5.41, 5.74) is 2.76. The molecule has 0 unspecified atom stereocenters. The Kier molecular flexibility index (Phi) is 6.49. The summed E-state index contributed by atoms with van der Waals surface area (Å²) in [6, 6.07) is 0.593. The van der Waals surface area contributed by atoms with Gasteiger partial charge in [0.25, 0.3) is 5.91 Å². The number of amides is 1. The van der Waals surface area contributed by atoms with Crippen molar-refractivity contribution < 1.29 is 39.6 Å². The first-order chi connectivity index (χ1) is 17.6. The number of nitrogens with zero attached hydrogens (tertiary/aromatic N) is 2. The third kappa shape index (κ3) is 3.72. The Labute approximate surface area is 219 Å². The fraction of sp³-hybridized carbons (Fsp3) is 0.407. The first-order valence-corrected chi connectivity index (χ1v) is 12.0. The lowest BCUT2D eigenvalue weighted by molar-refractivity contribution is -0.148. The number of ketones is 3. The van der Waals surface area contributed by atoms with Gasteiger partial charge in [0.05, 0.1) is 11.6 Å². The van der Waals surface area contributed by atoms with E-state index in [0.717, 1.165) is 0 Å². The van der Waals surface area contributed by atoms with Gasteiger partial charge in [-0.3, -0.25) is 24.1 Å². The lowest BCUT2D eigenvalue weighted by Crippen LogP contribution is -2.63. The van der Waals surface area contributed by atoms with E-state index in [9.17, 15) is 39.6 Å². The first kappa shape index (κ1) is 27.1. The summed E-state index contributed by atoms with van der Waals surface area (Å²) in [6.45, 7) is 1.34. The molecule has 202 valence electrons. The largest absolute Gasteiger partial charge is 0.510 e. The molecule has 1 amide bonds. The Morgan fingerprint density at radius 2 is 1.76 bits per heavy atom. The minimum Gasteiger partial charge on any atom is -0.510 e. The topological polar surface area (TPSA) is 182 Å². The monoisotopic (exact) mass is 525 g/mol. The number of carbonyl (C=O) groups excluding carboxylic acids is 4. The van der Waals surface area contributed by atoms with E-state index in [0.29, 0.717) is 11.3 Å². The summed E-state index contributed by atoms with van der Waals surface area (Å²) in [6.07, 6.45) is 2.80. The second-order valence-electron chi connectivity index (χ2n) is 10.5. The molecule has 3 aliphatic carbocycles. The quantitative estimate of drug-likeness (QED) is 0.272. The first-order valence-electron chi connectivity index (χ1n) is 12.0. The summed E-state index contributed by atoms with van der Waals surface area (Å²) in [5, 5.41) is 45.0. The maximum atomic E-state index is 13.9. The van der Waals surface area contributed by atoms with Gasteiger partial charge in [0, 0.05) is 36.8 Å². The number of Topliss-reactive ketones (excluding diaryl/α,β-unsaturated/α-hetero) is 2. The number of hydrogen-bond acceptors (Lipinski definition) is 10. The van der Waals surface area contributed by atoms with Crippen LogP contribution in [0.25, 0.3) is 6.08 Å². The van der Waals surface area contributed by atoms with Crippen LogP contribution in [0, 0.1) is 11.8 Å². The molecule has 0 saturated carbocycles. The fourth-order valence-electron chi connectivity index (χ4n) is 6.05. The Hall–Kier alpha value is -3.96. The molecule has 0 heterocycles. The number of aromatic hydroxyl groups is 1. The number of benzene rings is 1. The minimum absolute atomic E-state index is 0.00534. The van der Waals surface area contributed by atoms with Crippen LogP contribution in [0.1, 0.15) is 34.8 Å². The number of allylic oxidation sites excluding steroid dienone is 2. The molecule has 0 aromatic heterocycles. The number of aliphatic hydroxyl groups is 3. The second-order valence-corrected chi connectivity index (χ2v) is 10.5. The number of hydrogen-bond donors (Lipinski definition) is 5. The molecule has 0 radical (unpaired) electrons. The Morgan fingerprint density at radius 1 is 1.13 bits per heavy atom. The van der Waals surface area contributed by atoms with Gasteiger partial charge in [-0.15, -0.1) is 0 Å². The average Bonchev–Trinajstić information content (AvgIpc) is 2.80. The van der Waals surface area contributed by atoms with Gasteiger partial charge in [-0.2, -0.15) is 0 Å². The minimum atomic E-state index is -2.70. The lowest BCUT2D eigenvalue weighted by atomic mass is 9.58. The van der Waals surface area contributed by atoms with Crippen LogP contribution < -0.4 is 10.6 Å². The van der Waals surface area contributed by atoms with Crippen molar-refractivity contribution in [1.29, 1.82) is 0 Å². The Morgan fingerprint density at radius 3 is 2.29 bits per heavy atom. The Balaban J connectivity index is 1.99. The van der Waals surface area contributed by atoms with Crippen LogP contribution in [-0.2, 0) is 20.8 Å². The van der Waals surface area contributed by atoms with E-state index < -0.39 is 63.8 Å². The summed E-state index contributed by atoms with van der Waals surface area (Å²) >= 11 is 0. The molecule has 1 aromatic rings. The van der Waals surface area contributed by atoms with E-state index in [1.807, 2.05) is 0 Å². The smallest absolute Gasteiger partial charge is 0.255 e. The highest BCUT2D eigenvalue weighted by molar-refractivity contribution is 6.25. The molecular weight excluding hydrogens is 494 g/mol.